The van der Waals surface area contributed by atoms with Gasteiger partial charge in [-0.1, -0.05) is 6.92 Å². The number of imidazole rings is 1. The van der Waals surface area contributed by atoms with Gasteiger partial charge < -0.3 is 4.57 Å². The number of thiophene rings is 1. The van der Waals surface area contributed by atoms with E-state index in [9.17, 15) is 0 Å². The summed E-state index contributed by atoms with van der Waals surface area (Å²) in [7, 11) is 0. The number of rotatable bonds is 4. The van der Waals surface area contributed by atoms with Crippen LogP contribution >= 0.6 is 22.9 Å². The number of hydrogen-bond acceptors (Lipinski definition) is 3. The molecule has 0 fully saturated rings. The number of fused-ring (bicyclic) bond motifs is 1. The zero-order valence-electron chi connectivity index (χ0n) is 11.6. The van der Waals surface area contributed by atoms with Crippen LogP contribution in [-0.2, 0) is 18.8 Å². The van der Waals surface area contributed by atoms with E-state index < -0.39 is 0 Å². The fraction of sp³-hybridized carbons (Fsp3) is 0.333. The number of halogens is 1. The van der Waals surface area contributed by atoms with Crippen molar-refractivity contribution in [2.24, 2.45) is 0 Å². The van der Waals surface area contributed by atoms with Gasteiger partial charge in [0.25, 0.3) is 0 Å². The molecule has 0 bridgehead atoms. The zero-order valence-corrected chi connectivity index (χ0v) is 13.1. The minimum atomic E-state index is 0.405. The third kappa shape index (κ3) is 2.23. The lowest BCUT2D eigenvalue weighted by Crippen LogP contribution is -2.05. The molecule has 104 valence electrons. The molecule has 0 amide bonds. The summed E-state index contributed by atoms with van der Waals surface area (Å²) in [5, 5.41) is 2.15. The highest BCUT2D eigenvalue weighted by atomic mass is 35.5. The predicted octanol–water partition coefficient (Wildman–Crippen LogP) is 4.15. The van der Waals surface area contributed by atoms with Crippen molar-refractivity contribution in [3.05, 3.63) is 45.5 Å². The Hall–Kier alpha value is -1.39. The van der Waals surface area contributed by atoms with Crippen LogP contribution in [0.3, 0.4) is 0 Å². The normalized spacial score (nSPS) is 11.3. The maximum atomic E-state index is 6.06. The van der Waals surface area contributed by atoms with E-state index in [-0.39, 0.29) is 0 Å². The zero-order chi connectivity index (χ0) is 14.1. The lowest BCUT2D eigenvalue weighted by atomic mass is 10.2. The standard InChI is InChI=1S/C15H16ClN3S/c1-3-11-5-7-20-12(11)9-19-13(8-16)18-14-10(2)4-6-17-15(14)19/h4-7H,3,8-9H2,1-2H3. The minimum absolute atomic E-state index is 0.405. The van der Waals surface area contributed by atoms with Crippen LogP contribution in [0.2, 0.25) is 0 Å². The van der Waals surface area contributed by atoms with E-state index in [0.717, 1.165) is 35.5 Å². The Morgan fingerprint density at radius 2 is 2.20 bits per heavy atom. The highest BCUT2D eigenvalue weighted by Gasteiger charge is 2.14. The van der Waals surface area contributed by atoms with Crippen molar-refractivity contribution in [1.29, 1.82) is 0 Å². The van der Waals surface area contributed by atoms with Crippen LogP contribution < -0.4 is 0 Å². The maximum absolute atomic E-state index is 6.06. The second-order valence-electron chi connectivity index (χ2n) is 4.77. The van der Waals surface area contributed by atoms with Crippen molar-refractivity contribution in [2.75, 3.05) is 0 Å². The molecule has 0 N–H and O–H groups in total. The lowest BCUT2D eigenvalue weighted by molar-refractivity contribution is 0.774. The summed E-state index contributed by atoms with van der Waals surface area (Å²) in [4.78, 5) is 10.5. The van der Waals surface area contributed by atoms with Crippen molar-refractivity contribution in [1.82, 2.24) is 14.5 Å². The molecule has 3 aromatic heterocycles. The van der Waals surface area contributed by atoms with Crippen molar-refractivity contribution >= 4 is 34.1 Å². The van der Waals surface area contributed by atoms with Crippen molar-refractivity contribution in [3.63, 3.8) is 0 Å². The van der Waals surface area contributed by atoms with E-state index in [2.05, 4.69) is 39.8 Å². The number of hydrogen-bond donors (Lipinski definition) is 0. The van der Waals surface area contributed by atoms with Gasteiger partial charge in [0.2, 0.25) is 0 Å². The first-order valence-electron chi connectivity index (χ1n) is 6.66. The third-order valence-corrected chi connectivity index (χ3v) is 4.74. The lowest BCUT2D eigenvalue weighted by Gasteiger charge is -2.07. The number of nitrogens with zero attached hydrogens (tertiary/aromatic N) is 3. The first-order valence-corrected chi connectivity index (χ1v) is 8.08. The minimum Gasteiger partial charge on any atom is -0.306 e. The summed E-state index contributed by atoms with van der Waals surface area (Å²) in [5.74, 6) is 1.29. The van der Waals surface area contributed by atoms with E-state index in [1.165, 1.54) is 10.4 Å². The molecule has 20 heavy (non-hydrogen) atoms. The molecule has 0 aliphatic heterocycles. The second kappa shape index (κ2) is 5.54. The summed E-state index contributed by atoms with van der Waals surface area (Å²) in [5.41, 5.74) is 4.42. The van der Waals surface area contributed by atoms with Crippen LogP contribution in [0.15, 0.2) is 23.7 Å². The number of aromatic nitrogens is 3. The van der Waals surface area contributed by atoms with E-state index in [0.29, 0.717) is 5.88 Å². The average molecular weight is 306 g/mol. The highest BCUT2D eigenvalue weighted by molar-refractivity contribution is 7.10. The van der Waals surface area contributed by atoms with Crippen LogP contribution in [0.5, 0.6) is 0 Å². The molecule has 3 nitrogen and oxygen atoms in total. The van der Waals surface area contributed by atoms with Crippen LogP contribution in [-0.4, -0.2) is 14.5 Å². The monoisotopic (exact) mass is 305 g/mol. The molecule has 3 heterocycles. The molecule has 0 saturated carbocycles. The topological polar surface area (TPSA) is 30.7 Å². The Labute approximate surface area is 127 Å². The molecule has 0 saturated heterocycles. The summed E-state index contributed by atoms with van der Waals surface area (Å²) < 4.78 is 2.14. The van der Waals surface area contributed by atoms with Gasteiger partial charge in [-0.25, -0.2) is 9.97 Å². The molecular formula is C15H16ClN3S. The summed E-state index contributed by atoms with van der Waals surface area (Å²) in [6, 6.07) is 4.18. The first-order chi connectivity index (χ1) is 9.74. The Morgan fingerprint density at radius 3 is 2.95 bits per heavy atom. The molecule has 3 aromatic rings. The maximum Gasteiger partial charge on any atom is 0.160 e. The highest BCUT2D eigenvalue weighted by Crippen LogP contribution is 2.24. The average Bonchev–Trinajstić information content (AvgIpc) is 3.05. The first kappa shape index (κ1) is 13.6. The van der Waals surface area contributed by atoms with Gasteiger partial charge in [0.05, 0.1) is 12.4 Å². The van der Waals surface area contributed by atoms with Crippen LogP contribution in [0.1, 0.15) is 28.8 Å². The number of aryl methyl sites for hydroxylation is 2. The second-order valence-corrected chi connectivity index (χ2v) is 6.04. The summed E-state index contributed by atoms with van der Waals surface area (Å²) >= 11 is 7.85. The van der Waals surface area contributed by atoms with Gasteiger partial charge in [-0.2, -0.15) is 0 Å². The van der Waals surface area contributed by atoms with Gasteiger partial charge in [0, 0.05) is 11.1 Å². The van der Waals surface area contributed by atoms with Crippen LogP contribution in [0.4, 0.5) is 0 Å². The molecule has 0 unspecified atom stereocenters. The summed E-state index contributed by atoms with van der Waals surface area (Å²) in [6.07, 6.45) is 2.89. The molecular weight excluding hydrogens is 290 g/mol. The van der Waals surface area contributed by atoms with Gasteiger partial charge in [-0.05, 0) is 42.0 Å². The van der Waals surface area contributed by atoms with Crippen LogP contribution in [0.25, 0.3) is 11.2 Å². The fourth-order valence-corrected chi connectivity index (χ4v) is 3.58. The molecule has 0 radical (unpaired) electrons. The van der Waals surface area contributed by atoms with Gasteiger partial charge in [-0.15, -0.1) is 22.9 Å². The summed E-state index contributed by atoms with van der Waals surface area (Å²) in [6.45, 7) is 5.04. The number of pyridine rings is 1. The molecule has 0 aliphatic carbocycles. The molecule has 0 aromatic carbocycles. The van der Waals surface area contributed by atoms with Crippen molar-refractivity contribution < 1.29 is 0 Å². The Kier molecular flexibility index (Phi) is 3.76. The van der Waals surface area contributed by atoms with Gasteiger partial charge in [0.1, 0.15) is 11.3 Å². The molecule has 0 spiro atoms. The van der Waals surface area contributed by atoms with E-state index in [1.807, 2.05) is 12.3 Å². The van der Waals surface area contributed by atoms with Crippen LogP contribution in [0, 0.1) is 6.92 Å². The number of alkyl halides is 1. The molecule has 5 heteroatoms. The van der Waals surface area contributed by atoms with Gasteiger partial charge >= 0.3 is 0 Å². The van der Waals surface area contributed by atoms with Gasteiger partial charge in [0.15, 0.2) is 5.65 Å². The van der Waals surface area contributed by atoms with E-state index in [1.54, 1.807) is 11.3 Å². The Morgan fingerprint density at radius 1 is 1.35 bits per heavy atom. The van der Waals surface area contributed by atoms with E-state index >= 15 is 0 Å². The third-order valence-electron chi connectivity index (χ3n) is 3.55. The Bertz CT molecular complexity index is 745. The smallest absolute Gasteiger partial charge is 0.160 e. The molecule has 0 atom stereocenters. The largest absolute Gasteiger partial charge is 0.306 e. The molecule has 3 rings (SSSR count). The quantitative estimate of drug-likeness (QED) is 0.678. The SMILES string of the molecule is CCc1ccsc1Cn1c(CCl)nc2c(C)ccnc21. The predicted molar refractivity (Wildman–Crippen MR) is 84.6 cm³/mol. The van der Waals surface area contributed by atoms with Crippen molar-refractivity contribution in [2.45, 2.75) is 32.7 Å². The fourth-order valence-electron chi connectivity index (χ4n) is 2.42. The van der Waals surface area contributed by atoms with Gasteiger partial charge in [-0.3, -0.25) is 0 Å². The Balaban J connectivity index is 2.13. The van der Waals surface area contributed by atoms with E-state index in [4.69, 9.17) is 11.6 Å². The van der Waals surface area contributed by atoms with Crippen molar-refractivity contribution in [3.8, 4) is 0 Å². The molecule has 0 aliphatic rings.